The molecule has 0 N–H and O–H groups in total. The van der Waals surface area contributed by atoms with Gasteiger partial charge < -0.3 is 4.74 Å². The van der Waals surface area contributed by atoms with Gasteiger partial charge in [-0.3, -0.25) is 0 Å². The maximum Gasteiger partial charge on any atom is 0.265 e. The van der Waals surface area contributed by atoms with Crippen LogP contribution in [0.2, 0.25) is 10.0 Å². The number of benzene rings is 2. The van der Waals surface area contributed by atoms with Crippen LogP contribution in [-0.4, -0.2) is 8.42 Å². The molecule has 0 amide bonds. The molecule has 0 heterocycles. The predicted molar refractivity (Wildman–Crippen MR) is 80.2 cm³/mol. The van der Waals surface area contributed by atoms with Crippen molar-refractivity contribution < 1.29 is 17.5 Å². The number of hydrogen-bond donors (Lipinski definition) is 0. The molecule has 0 bridgehead atoms. The zero-order valence-electron chi connectivity index (χ0n) is 10.3. The van der Waals surface area contributed by atoms with Gasteiger partial charge in [-0.05, 0) is 36.4 Å². The topological polar surface area (TPSA) is 43.4 Å². The van der Waals surface area contributed by atoms with Crippen molar-refractivity contribution >= 4 is 42.9 Å². The molecule has 3 nitrogen and oxygen atoms in total. The van der Waals surface area contributed by atoms with E-state index in [4.69, 9.17) is 38.6 Å². The molecule has 112 valence electrons. The summed E-state index contributed by atoms with van der Waals surface area (Å²) in [7, 11) is 1.30. The quantitative estimate of drug-likeness (QED) is 0.737. The summed E-state index contributed by atoms with van der Waals surface area (Å²) in [5.74, 6) is -0.464. The maximum atomic E-state index is 13.1. The molecule has 0 fully saturated rings. The maximum absolute atomic E-state index is 13.1. The number of halogens is 4. The van der Waals surface area contributed by atoms with Gasteiger partial charge in [0, 0.05) is 26.3 Å². The molecule has 0 aliphatic carbocycles. The minimum Gasteiger partial charge on any atom is -0.487 e. The zero-order chi connectivity index (χ0) is 15.6. The van der Waals surface area contributed by atoms with Gasteiger partial charge in [0.05, 0.1) is 0 Å². The van der Waals surface area contributed by atoms with E-state index in [2.05, 4.69) is 0 Å². The zero-order valence-corrected chi connectivity index (χ0v) is 13.4. The third kappa shape index (κ3) is 4.23. The average Bonchev–Trinajstić information content (AvgIpc) is 2.40. The standard InChI is InChI=1S/C13H8Cl3FO3S/c14-9-1-4-12(13(6-9)21(16,18)19)20-7-8-5-10(17)2-3-11(8)15/h1-6H,7H2. The molecule has 0 aliphatic heterocycles. The molecule has 21 heavy (non-hydrogen) atoms. The minimum atomic E-state index is -4.02. The van der Waals surface area contributed by atoms with E-state index in [1.165, 1.54) is 36.4 Å². The Morgan fingerprint density at radius 2 is 1.81 bits per heavy atom. The summed E-state index contributed by atoms with van der Waals surface area (Å²) in [6.45, 7) is -0.113. The Hall–Kier alpha value is -1.01. The van der Waals surface area contributed by atoms with Gasteiger partial charge in [-0.2, -0.15) is 0 Å². The van der Waals surface area contributed by atoms with Crippen molar-refractivity contribution in [3.63, 3.8) is 0 Å². The van der Waals surface area contributed by atoms with Crippen molar-refractivity contribution in [1.82, 2.24) is 0 Å². The minimum absolute atomic E-state index is 0.00901. The van der Waals surface area contributed by atoms with Crippen molar-refractivity contribution in [2.45, 2.75) is 11.5 Å². The second-order valence-corrected chi connectivity index (χ2v) is 7.43. The highest BCUT2D eigenvalue weighted by molar-refractivity contribution is 8.13. The molecule has 0 spiro atoms. The van der Waals surface area contributed by atoms with Gasteiger partial charge in [0.2, 0.25) is 0 Å². The van der Waals surface area contributed by atoms with E-state index in [0.29, 0.717) is 10.6 Å². The van der Waals surface area contributed by atoms with Crippen molar-refractivity contribution in [3.05, 3.63) is 57.8 Å². The molecular weight excluding hydrogens is 362 g/mol. The molecule has 2 rings (SSSR count). The van der Waals surface area contributed by atoms with Gasteiger partial charge in [0.1, 0.15) is 23.1 Å². The fourth-order valence-electron chi connectivity index (χ4n) is 1.60. The van der Waals surface area contributed by atoms with E-state index in [-0.39, 0.29) is 22.3 Å². The Morgan fingerprint density at radius 3 is 2.48 bits per heavy atom. The molecule has 0 saturated heterocycles. The Morgan fingerprint density at radius 1 is 1.10 bits per heavy atom. The summed E-state index contributed by atoms with van der Waals surface area (Å²) in [6, 6.07) is 7.79. The first kappa shape index (κ1) is 16.4. The Balaban J connectivity index is 2.30. The van der Waals surface area contributed by atoms with E-state index >= 15 is 0 Å². The highest BCUT2D eigenvalue weighted by Gasteiger charge is 2.18. The first-order valence-corrected chi connectivity index (χ1v) is 8.65. The SMILES string of the molecule is O=S(=O)(Cl)c1cc(Cl)ccc1OCc1cc(F)ccc1Cl. The van der Waals surface area contributed by atoms with E-state index in [9.17, 15) is 12.8 Å². The van der Waals surface area contributed by atoms with Crippen molar-refractivity contribution in [1.29, 1.82) is 0 Å². The number of rotatable bonds is 4. The van der Waals surface area contributed by atoms with Crippen LogP contribution in [0.25, 0.3) is 0 Å². The third-order valence-corrected chi connectivity index (χ3v) is 4.51. The van der Waals surface area contributed by atoms with Crippen molar-refractivity contribution in [3.8, 4) is 5.75 Å². The fraction of sp³-hybridized carbons (Fsp3) is 0.0769. The summed E-state index contributed by atoms with van der Waals surface area (Å²) in [5, 5.41) is 0.506. The van der Waals surface area contributed by atoms with Crippen LogP contribution in [0.5, 0.6) is 5.75 Å². The largest absolute Gasteiger partial charge is 0.487 e. The van der Waals surface area contributed by atoms with Gasteiger partial charge >= 0.3 is 0 Å². The molecule has 2 aromatic carbocycles. The number of hydrogen-bond acceptors (Lipinski definition) is 3. The summed E-state index contributed by atoms with van der Waals surface area (Å²) in [4.78, 5) is -0.260. The van der Waals surface area contributed by atoms with Crippen LogP contribution in [0.1, 0.15) is 5.56 Å². The van der Waals surface area contributed by atoms with E-state index in [0.717, 1.165) is 0 Å². The molecule has 8 heteroatoms. The van der Waals surface area contributed by atoms with E-state index in [1.807, 2.05) is 0 Å². The molecule has 0 aliphatic rings. The van der Waals surface area contributed by atoms with Gasteiger partial charge in [-0.25, -0.2) is 12.8 Å². The van der Waals surface area contributed by atoms with Crippen molar-refractivity contribution in [2.75, 3.05) is 0 Å². The lowest BCUT2D eigenvalue weighted by atomic mass is 10.2. The molecule has 0 saturated carbocycles. The van der Waals surface area contributed by atoms with Crippen LogP contribution >= 0.6 is 33.9 Å². The van der Waals surface area contributed by atoms with Gasteiger partial charge in [-0.15, -0.1) is 0 Å². The van der Waals surface area contributed by atoms with Gasteiger partial charge in [0.15, 0.2) is 0 Å². The lowest BCUT2D eigenvalue weighted by molar-refractivity contribution is 0.297. The summed E-state index contributed by atoms with van der Waals surface area (Å²) >= 11 is 11.6. The van der Waals surface area contributed by atoms with Crippen LogP contribution < -0.4 is 4.74 Å². The second kappa shape index (κ2) is 6.40. The van der Waals surface area contributed by atoms with Crippen LogP contribution in [0.4, 0.5) is 4.39 Å². The highest BCUT2D eigenvalue weighted by atomic mass is 35.7. The summed E-state index contributed by atoms with van der Waals surface area (Å²) in [5.41, 5.74) is 0.379. The second-order valence-electron chi connectivity index (χ2n) is 4.05. The first-order chi connectivity index (χ1) is 9.77. The van der Waals surface area contributed by atoms with Crippen LogP contribution in [0.15, 0.2) is 41.3 Å². The predicted octanol–water partition coefficient (Wildman–Crippen LogP) is 4.64. The molecule has 0 unspecified atom stereocenters. The summed E-state index contributed by atoms with van der Waals surface area (Å²) < 4.78 is 41.5. The summed E-state index contributed by atoms with van der Waals surface area (Å²) in [6.07, 6.45) is 0. The smallest absolute Gasteiger partial charge is 0.265 e. The van der Waals surface area contributed by atoms with Crippen LogP contribution in [-0.2, 0) is 15.7 Å². The third-order valence-electron chi connectivity index (χ3n) is 2.56. The van der Waals surface area contributed by atoms with Crippen molar-refractivity contribution in [2.24, 2.45) is 0 Å². The van der Waals surface area contributed by atoms with Crippen LogP contribution in [0.3, 0.4) is 0 Å². The Bertz CT molecular complexity index is 778. The molecule has 0 atom stereocenters. The van der Waals surface area contributed by atoms with Gasteiger partial charge in [-0.1, -0.05) is 23.2 Å². The monoisotopic (exact) mass is 368 g/mol. The molecular formula is C13H8Cl3FO3S. The normalized spacial score (nSPS) is 11.4. The van der Waals surface area contributed by atoms with E-state index < -0.39 is 14.9 Å². The highest BCUT2D eigenvalue weighted by Crippen LogP contribution is 2.31. The lowest BCUT2D eigenvalue weighted by Gasteiger charge is -2.11. The van der Waals surface area contributed by atoms with Gasteiger partial charge in [0.25, 0.3) is 9.05 Å². The fourth-order valence-corrected chi connectivity index (χ4v) is 3.01. The average molecular weight is 370 g/mol. The van der Waals surface area contributed by atoms with E-state index in [1.54, 1.807) is 0 Å². The Labute approximate surface area is 135 Å². The molecule has 0 radical (unpaired) electrons. The lowest BCUT2D eigenvalue weighted by Crippen LogP contribution is -2.01. The van der Waals surface area contributed by atoms with Crippen LogP contribution in [0, 0.1) is 5.82 Å². The molecule has 2 aromatic rings. The Kier molecular flexibility index (Phi) is 4.99. The first-order valence-electron chi connectivity index (χ1n) is 5.58. The molecule has 0 aromatic heterocycles. The number of ether oxygens (including phenoxy) is 1.